The minimum absolute atomic E-state index is 0.114. The maximum absolute atomic E-state index is 14.5. The van der Waals surface area contributed by atoms with Gasteiger partial charge in [0.05, 0.1) is 12.1 Å². The zero-order chi connectivity index (χ0) is 22.9. The minimum Gasteiger partial charge on any atom is -0.378 e. The normalized spacial score (nSPS) is 23.1. The Labute approximate surface area is 196 Å². The number of allylic oxidation sites excluding steroid dienone is 1. The molecule has 0 radical (unpaired) electrons. The van der Waals surface area contributed by atoms with Gasteiger partial charge < -0.3 is 15.2 Å². The number of fused-ring (bicyclic) bond motifs is 3. The van der Waals surface area contributed by atoms with Crippen LogP contribution in [0.2, 0.25) is 0 Å². The summed E-state index contributed by atoms with van der Waals surface area (Å²) in [5.74, 6) is 0. The number of para-hydroxylation sites is 1. The van der Waals surface area contributed by atoms with Crippen molar-refractivity contribution < 1.29 is 4.39 Å². The molecule has 0 spiro atoms. The van der Waals surface area contributed by atoms with Crippen LogP contribution in [0.4, 0.5) is 10.1 Å². The minimum atomic E-state index is -0.827. The molecule has 2 aromatic carbocycles. The molecule has 3 atom stereocenters. The van der Waals surface area contributed by atoms with Crippen LogP contribution in [0.5, 0.6) is 0 Å². The summed E-state index contributed by atoms with van der Waals surface area (Å²) in [6.07, 6.45) is 2.18. The third-order valence-electron chi connectivity index (χ3n) is 7.29. The summed E-state index contributed by atoms with van der Waals surface area (Å²) < 4.78 is 14.5. The fraction of sp³-hybridized carbons (Fsp3) is 0.429. The Morgan fingerprint density at radius 2 is 1.91 bits per heavy atom. The highest BCUT2D eigenvalue weighted by molar-refractivity contribution is 5.85. The highest BCUT2D eigenvalue weighted by Gasteiger charge is 2.33. The second-order valence-electron chi connectivity index (χ2n) is 9.48. The highest BCUT2D eigenvalue weighted by atomic mass is 19.1. The van der Waals surface area contributed by atoms with E-state index >= 15 is 0 Å². The number of alkyl halides is 1. The Balaban J connectivity index is 1.43. The molecule has 1 aromatic heterocycles. The lowest BCUT2D eigenvalue weighted by molar-refractivity contribution is 0.265. The molecule has 0 bridgehead atoms. The molecule has 3 aromatic rings. The number of nitrogens with zero attached hydrogens (tertiary/aromatic N) is 2. The average Bonchev–Trinajstić information content (AvgIpc) is 3.38. The van der Waals surface area contributed by atoms with E-state index in [1.165, 1.54) is 27.7 Å². The van der Waals surface area contributed by atoms with Crippen molar-refractivity contribution in [3.8, 4) is 0 Å². The molecule has 3 heterocycles. The summed E-state index contributed by atoms with van der Waals surface area (Å²) in [6.45, 7) is 11.9. The summed E-state index contributed by atoms with van der Waals surface area (Å²) in [5, 5.41) is 4.76. The number of rotatable bonds is 7. The number of hydrogen-bond donors (Lipinski definition) is 2. The molecule has 2 aliphatic heterocycles. The topological polar surface area (TPSA) is 34.3 Å². The molecular formula is C28H35FN4. The molecule has 0 unspecified atom stereocenters. The van der Waals surface area contributed by atoms with Gasteiger partial charge in [-0.05, 0) is 55.1 Å². The SMILES string of the molecule is C=C(CC)N1CCc2c([nH]c3ccccc23)[C@H]1c1ccc(N[C@@H]2CN(CCC)C[C@@H]2F)cc1. The number of halogens is 1. The molecule has 2 aliphatic rings. The van der Waals surface area contributed by atoms with Gasteiger partial charge in [0.15, 0.2) is 0 Å². The van der Waals surface area contributed by atoms with Gasteiger partial charge in [-0.1, -0.05) is 50.8 Å². The molecule has 174 valence electrons. The molecule has 33 heavy (non-hydrogen) atoms. The number of H-pyrrole nitrogens is 1. The monoisotopic (exact) mass is 446 g/mol. The smallest absolute Gasteiger partial charge is 0.134 e. The molecule has 0 amide bonds. The second kappa shape index (κ2) is 9.22. The first-order chi connectivity index (χ1) is 16.1. The molecule has 1 fully saturated rings. The Morgan fingerprint density at radius 1 is 1.12 bits per heavy atom. The molecule has 5 rings (SSSR count). The van der Waals surface area contributed by atoms with Crippen molar-refractivity contribution in [2.75, 3.05) is 31.5 Å². The fourth-order valence-corrected chi connectivity index (χ4v) is 5.58. The number of likely N-dealkylation sites (tertiary alicyclic amines) is 1. The number of anilines is 1. The van der Waals surface area contributed by atoms with Crippen molar-refractivity contribution in [3.05, 3.63) is 77.6 Å². The average molecular weight is 447 g/mol. The number of hydrogen-bond acceptors (Lipinski definition) is 3. The molecule has 0 saturated carbocycles. The second-order valence-corrected chi connectivity index (χ2v) is 9.48. The van der Waals surface area contributed by atoms with E-state index in [0.717, 1.165) is 50.3 Å². The first kappa shape index (κ1) is 22.0. The predicted molar refractivity (Wildman–Crippen MR) is 135 cm³/mol. The van der Waals surface area contributed by atoms with Crippen LogP contribution in [0.25, 0.3) is 10.9 Å². The van der Waals surface area contributed by atoms with Crippen molar-refractivity contribution in [1.29, 1.82) is 0 Å². The van der Waals surface area contributed by atoms with Crippen LogP contribution < -0.4 is 5.32 Å². The van der Waals surface area contributed by atoms with Gasteiger partial charge in [-0.15, -0.1) is 0 Å². The number of benzene rings is 2. The third kappa shape index (κ3) is 4.15. The summed E-state index contributed by atoms with van der Waals surface area (Å²) >= 11 is 0. The first-order valence-corrected chi connectivity index (χ1v) is 12.4. The molecule has 5 heteroatoms. The zero-order valence-electron chi connectivity index (χ0n) is 19.8. The Kier molecular flexibility index (Phi) is 6.15. The van der Waals surface area contributed by atoms with Crippen LogP contribution >= 0.6 is 0 Å². The van der Waals surface area contributed by atoms with Gasteiger partial charge in [0.1, 0.15) is 6.17 Å². The lowest BCUT2D eigenvalue weighted by atomic mass is 9.91. The fourth-order valence-electron chi connectivity index (χ4n) is 5.58. The molecule has 1 saturated heterocycles. The van der Waals surface area contributed by atoms with Gasteiger partial charge >= 0.3 is 0 Å². The largest absolute Gasteiger partial charge is 0.378 e. The summed E-state index contributed by atoms with van der Waals surface area (Å²) in [7, 11) is 0. The van der Waals surface area contributed by atoms with Crippen molar-refractivity contribution >= 4 is 16.6 Å². The summed E-state index contributed by atoms with van der Waals surface area (Å²) in [5.41, 5.74) is 7.26. The van der Waals surface area contributed by atoms with E-state index in [1.54, 1.807) is 0 Å². The Morgan fingerprint density at radius 3 is 2.67 bits per heavy atom. The number of aromatic nitrogens is 1. The van der Waals surface area contributed by atoms with Crippen molar-refractivity contribution in [2.45, 2.75) is 51.4 Å². The lowest BCUT2D eigenvalue weighted by Crippen LogP contribution is -2.35. The predicted octanol–water partition coefficient (Wildman–Crippen LogP) is 5.88. The van der Waals surface area contributed by atoms with E-state index in [2.05, 4.69) is 89.1 Å². The number of aromatic amines is 1. The van der Waals surface area contributed by atoms with E-state index in [9.17, 15) is 4.39 Å². The standard InChI is InChI=1S/C28H35FN4/c1-4-15-32-17-24(29)26(18-32)30-21-12-10-20(11-13-21)28-27-23(14-16-33(28)19(3)5-2)22-8-6-7-9-25(22)31-27/h6-13,24,26,28,30-31H,3-5,14-18H2,1-2H3/t24-,26+,28+/m0/s1. The first-order valence-electron chi connectivity index (χ1n) is 12.4. The van der Waals surface area contributed by atoms with Crippen LogP contribution in [0.3, 0.4) is 0 Å². The zero-order valence-corrected chi connectivity index (χ0v) is 19.8. The van der Waals surface area contributed by atoms with Crippen LogP contribution in [0.1, 0.15) is 49.6 Å². The van der Waals surface area contributed by atoms with Gasteiger partial charge in [0, 0.05) is 47.6 Å². The maximum atomic E-state index is 14.5. The van der Waals surface area contributed by atoms with Crippen LogP contribution in [0, 0.1) is 0 Å². The van der Waals surface area contributed by atoms with Gasteiger partial charge in [-0.25, -0.2) is 4.39 Å². The van der Waals surface area contributed by atoms with Crippen molar-refractivity contribution in [2.24, 2.45) is 0 Å². The van der Waals surface area contributed by atoms with Gasteiger partial charge in [-0.2, -0.15) is 0 Å². The summed E-state index contributed by atoms with van der Waals surface area (Å²) in [6, 6.07) is 17.1. The van der Waals surface area contributed by atoms with Gasteiger partial charge in [-0.3, -0.25) is 4.90 Å². The third-order valence-corrected chi connectivity index (χ3v) is 7.29. The van der Waals surface area contributed by atoms with Crippen LogP contribution in [-0.2, 0) is 6.42 Å². The Bertz CT molecular complexity index is 1120. The van der Waals surface area contributed by atoms with Crippen LogP contribution in [-0.4, -0.2) is 53.2 Å². The van der Waals surface area contributed by atoms with Gasteiger partial charge in [0.2, 0.25) is 0 Å². The van der Waals surface area contributed by atoms with E-state index in [0.29, 0.717) is 6.54 Å². The Hall–Kier alpha value is -2.79. The quantitative estimate of drug-likeness (QED) is 0.475. The van der Waals surface area contributed by atoms with Crippen molar-refractivity contribution in [1.82, 2.24) is 14.8 Å². The highest BCUT2D eigenvalue weighted by Crippen LogP contribution is 2.40. The molecule has 2 N–H and O–H groups in total. The maximum Gasteiger partial charge on any atom is 0.134 e. The van der Waals surface area contributed by atoms with E-state index in [4.69, 9.17) is 0 Å². The molecular weight excluding hydrogens is 411 g/mol. The molecule has 0 aliphatic carbocycles. The molecule has 4 nitrogen and oxygen atoms in total. The van der Waals surface area contributed by atoms with E-state index in [1.807, 2.05) is 0 Å². The number of nitrogens with one attached hydrogen (secondary N) is 2. The van der Waals surface area contributed by atoms with Crippen molar-refractivity contribution in [3.63, 3.8) is 0 Å². The van der Waals surface area contributed by atoms with E-state index < -0.39 is 6.17 Å². The van der Waals surface area contributed by atoms with Crippen LogP contribution in [0.15, 0.2) is 60.8 Å². The van der Waals surface area contributed by atoms with Gasteiger partial charge in [0.25, 0.3) is 0 Å². The summed E-state index contributed by atoms with van der Waals surface area (Å²) in [4.78, 5) is 8.37. The van der Waals surface area contributed by atoms with E-state index in [-0.39, 0.29) is 12.1 Å². The lowest BCUT2D eigenvalue weighted by Gasteiger charge is -2.39.